The summed E-state index contributed by atoms with van der Waals surface area (Å²) >= 11 is 0. The van der Waals surface area contributed by atoms with Crippen molar-refractivity contribution >= 4 is 31.5 Å². The summed E-state index contributed by atoms with van der Waals surface area (Å²) in [5.41, 5.74) is 14.0. The third kappa shape index (κ3) is 4.92. The number of piperidine rings is 1. The van der Waals surface area contributed by atoms with Gasteiger partial charge in [-0.05, 0) is 55.6 Å². The van der Waals surface area contributed by atoms with Gasteiger partial charge in [-0.15, -0.1) is 0 Å². The molecule has 2 saturated heterocycles. The van der Waals surface area contributed by atoms with Crippen molar-refractivity contribution in [2.24, 2.45) is 5.73 Å². The molecule has 0 saturated carbocycles. The lowest BCUT2D eigenvalue weighted by atomic mass is 9.74. The highest BCUT2D eigenvalue weighted by Crippen LogP contribution is 2.49. The van der Waals surface area contributed by atoms with Crippen LogP contribution in [-0.2, 0) is 31.8 Å². The molecule has 3 aromatic rings. The molecule has 0 radical (unpaired) electrons. The van der Waals surface area contributed by atoms with E-state index in [9.17, 15) is 21.6 Å². The molecule has 1 aromatic heterocycles. The molecule has 6 rings (SSSR count). The number of benzene rings is 2. The van der Waals surface area contributed by atoms with Gasteiger partial charge in [0, 0.05) is 37.2 Å². The van der Waals surface area contributed by atoms with Gasteiger partial charge in [-0.2, -0.15) is 0 Å². The normalized spacial score (nSPS) is 22.9. The van der Waals surface area contributed by atoms with Gasteiger partial charge in [-0.25, -0.2) is 22.3 Å². The number of fused-ring (bicyclic) bond motifs is 2. The predicted molar refractivity (Wildman–Crippen MR) is 160 cm³/mol. The van der Waals surface area contributed by atoms with Crippen LogP contribution >= 0.6 is 0 Å². The Hall–Kier alpha value is -3.23. The molecule has 3 aliphatic heterocycles. The predicted octanol–water partition coefficient (Wildman–Crippen LogP) is 1.97. The van der Waals surface area contributed by atoms with Crippen LogP contribution in [0.3, 0.4) is 0 Å². The molecule has 42 heavy (non-hydrogen) atoms. The maximum absolute atomic E-state index is 14.0. The van der Waals surface area contributed by atoms with Crippen LogP contribution in [-0.4, -0.2) is 70.7 Å². The van der Waals surface area contributed by atoms with Crippen LogP contribution in [0.1, 0.15) is 40.9 Å². The zero-order valence-corrected chi connectivity index (χ0v) is 25.0. The minimum Gasteiger partial charge on any atom is -0.451 e. The molecule has 3 aliphatic rings. The fraction of sp³-hybridized carbons (Fsp3) is 0.414. The Kier molecular flexibility index (Phi) is 7.42. The SMILES string of the molecule is CNNC1CC(S(=O)(=O)N2CC3(CCN(C(=O)c4ccc(-c5ccccc5)o4)CC3)c3cc(CN)ccc32)CS1(=O)=O. The van der Waals surface area contributed by atoms with Crippen LogP contribution in [0.15, 0.2) is 65.1 Å². The number of nitrogens with two attached hydrogens (primary N) is 1. The lowest BCUT2D eigenvalue weighted by Crippen LogP contribution is -2.49. The van der Waals surface area contributed by atoms with Crippen molar-refractivity contribution in [3.8, 4) is 11.3 Å². The Morgan fingerprint density at radius 1 is 1.10 bits per heavy atom. The molecule has 4 N–H and O–H groups in total. The second-order valence-electron chi connectivity index (χ2n) is 11.3. The molecular weight excluding hydrogens is 578 g/mol. The number of sulfonamides is 1. The smallest absolute Gasteiger partial charge is 0.289 e. The van der Waals surface area contributed by atoms with E-state index in [2.05, 4.69) is 10.9 Å². The van der Waals surface area contributed by atoms with Crippen molar-refractivity contribution in [3.63, 3.8) is 0 Å². The summed E-state index contributed by atoms with van der Waals surface area (Å²) in [4.78, 5) is 15.1. The van der Waals surface area contributed by atoms with Crippen LogP contribution in [0.4, 0.5) is 5.69 Å². The summed E-state index contributed by atoms with van der Waals surface area (Å²) in [6, 6.07) is 18.6. The number of hydrogen-bond donors (Lipinski definition) is 3. The fourth-order valence-corrected chi connectivity index (χ4v) is 11.2. The third-order valence-corrected chi connectivity index (χ3v) is 13.2. The van der Waals surface area contributed by atoms with Gasteiger partial charge in [0.15, 0.2) is 15.6 Å². The van der Waals surface area contributed by atoms with Crippen molar-refractivity contribution in [2.45, 2.75) is 41.8 Å². The Morgan fingerprint density at radius 2 is 1.83 bits per heavy atom. The number of nitrogens with zero attached hydrogens (tertiary/aromatic N) is 2. The molecule has 2 atom stereocenters. The van der Waals surface area contributed by atoms with Crippen molar-refractivity contribution in [3.05, 3.63) is 77.6 Å². The first-order chi connectivity index (χ1) is 20.1. The van der Waals surface area contributed by atoms with Crippen molar-refractivity contribution in [1.82, 2.24) is 15.8 Å². The number of furan rings is 1. The van der Waals surface area contributed by atoms with E-state index in [1.54, 1.807) is 30.1 Å². The highest BCUT2D eigenvalue weighted by Gasteiger charge is 2.53. The second-order valence-corrected chi connectivity index (χ2v) is 15.6. The number of hydrazine groups is 1. The average molecular weight is 614 g/mol. The van der Waals surface area contributed by atoms with Crippen LogP contribution in [0.25, 0.3) is 11.3 Å². The number of carbonyl (C=O) groups is 1. The lowest BCUT2D eigenvalue weighted by Gasteiger charge is -2.39. The number of carbonyl (C=O) groups excluding carboxylic acids is 1. The van der Waals surface area contributed by atoms with Crippen molar-refractivity contribution in [2.75, 3.05) is 36.7 Å². The fourth-order valence-electron chi connectivity index (χ4n) is 6.48. The van der Waals surface area contributed by atoms with Gasteiger partial charge >= 0.3 is 0 Å². The molecule has 2 fully saturated rings. The Balaban J connectivity index is 1.24. The molecule has 1 amide bonds. The zero-order chi connectivity index (χ0) is 29.7. The molecule has 224 valence electrons. The summed E-state index contributed by atoms with van der Waals surface area (Å²) < 4.78 is 60.7. The number of anilines is 1. The molecule has 2 unspecified atom stereocenters. The number of amides is 1. The van der Waals surface area contributed by atoms with Crippen LogP contribution < -0.4 is 20.9 Å². The van der Waals surface area contributed by atoms with E-state index in [0.717, 1.165) is 16.7 Å². The first-order valence-electron chi connectivity index (χ1n) is 14.0. The van der Waals surface area contributed by atoms with E-state index >= 15 is 0 Å². The largest absolute Gasteiger partial charge is 0.451 e. The molecule has 4 heterocycles. The zero-order valence-electron chi connectivity index (χ0n) is 23.3. The number of hydrogen-bond acceptors (Lipinski definition) is 9. The minimum atomic E-state index is -4.01. The summed E-state index contributed by atoms with van der Waals surface area (Å²) in [5, 5.41) is -2.04. The molecule has 11 nitrogen and oxygen atoms in total. The van der Waals surface area contributed by atoms with Crippen LogP contribution in [0.2, 0.25) is 0 Å². The Bertz CT molecular complexity index is 1700. The van der Waals surface area contributed by atoms with Gasteiger partial charge in [-0.1, -0.05) is 42.5 Å². The molecular formula is C29H35N5O6S2. The standard InChI is InChI=1S/C29H35N5O6S2/c1-31-32-27-16-22(18-41(27,36)37)42(38,39)34-19-29(23-15-20(17-30)7-8-24(23)34)11-13-33(14-12-29)28(35)26-10-9-25(40-26)21-5-3-2-4-6-21/h2-10,15,22,27,31-32H,11-14,16-19,30H2,1H3. The molecule has 2 aromatic carbocycles. The summed E-state index contributed by atoms with van der Waals surface area (Å²) in [6.07, 6.45) is 1.05. The van der Waals surface area contributed by atoms with E-state index in [1.165, 1.54) is 4.31 Å². The molecule has 1 spiro atoms. The van der Waals surface area contributed by atoms with Crippen LogP contribution in [0, 0.1) is 0 Å². The molecule has 0 aliphatic carbocycles. The number of rotatable bonds is 7. The lowest BCUT2D eigenvalue weighted by molar-refractivity contribution is 0.0644. The Labute approximate surface area is 246 Å². The van der Waals surface area contributed by atoms with Crippen LogP contribution in [0.5, 0.6) is 0 Å². The quantitative estimate of drug-likeness (QED) is 0.339. The van der Waals surface area contributed by atoms with E-state index in [4.69, 9.17) is 10.2 Å². The van der Waals surface area contributed by atoms with E-state index < -0.39 is 41.7 Å². The summed E-state index contributed by atoms with van der Waals surface area (Å²) in [5.74, 6) is 0.238. The Morgan fingerprint density at radius 3 is 2.52 bits per heavy atom. The minimum absolute atomic E-state index is 0.0401. The number of sulfone groups is 1. The molecule has 13 heteroatoms. The van der Waals surface area contributed by atoms with E-state index in [1.807, 2.05) is 42.5 Å². The maximum Gasteiger partial charge on any atom is 0.289 e. The molecule has 0 bridgehead atoms. The highest BCUT2D eigenvalue weighted by atomic mass is 32.2. The van der Waals surface area contributed by atoms with Crippen molar-refractivity contribution in [1.29, 1.82) is 0 Å². The van der Waals surface area contributed by atoms with Crippen molar-refractivity contribution < 1.29 is 26.0 Å². The highest BCUT2D eigenvalue weighted by molar-refractivity contribution is 7.97. The van der Waals surface area contributed by atoms with Gasteiger partial charge in [-0.3, -0.25) is 14.5 Å². The van der Waals surface area contributed by atoms with E-state index in [-0.39, 0.29) is 24.6 Å². The first-order valence-corrected chi connectivity index (χ1v) is 17.2. The van der Waals surface area contributed by atoms with Gasteiger partial charge in [0.25, 0.3) is 5.91 Å². The summed E-state index contributed by atoms with van der Waals surface area (Å²) in [7, 11) is -6.09. The number of nitrogens with one attached hydrogen (secondary N) is 2. The summed E-state index contributed by atoms with van der Waals surface area (Å²) in [6.45, 7) is 1.35. The van der Waals surface area contributed by atoms with Gasteiger partial charge in [0.2, 0.25) is 10.0 Å². The second kappa shape index (κ2) is 10.8. The first kappa shape index (κ1) is 28.9. The topological polar surface area (TPSA) is 155 Å². The number of likely N-dealkylation sites (tertiary alicyclic amines) is 1. The third-order valence-electron chi connectivity index (χ3n) is 8.83. The maximum atomic E-state index is 14.0. The van der Waals surface area contributed by atoms with Gasteiger partial charge in [0.05, 0.1) is 16.7 Å². The monoisotopic (exact) mass is 613 g/mol. The van der Waals surface area contributed by atoms with Gasteiger partial charge in [0.1, 0.15) is 11.1 Å². The van der Waals surface area contributed by atoms with Gasteiger partial charge < -0.3 is 15.1 Å². The average Bonchev–Trinajstić information content (AvgIpc) is 3.69. The van der Waals surface area contributed by atoms with E-state index in [0.29, 0.717) is 43.9 Å².